The number of nitrogens with one attached hydrogen (secondary N) is 1. The zero-order valence-electron chi connectivity index (χ0n) is 22.3. The maximum Gasteiger partial charge on any atom is 0.264 e. The van der Waals surface area contributed by atoms with Crippen molar-refractivity contribution in [2.24, 2.45) is 0 Å². The topological polar surface area (TPSA) is 86.8 Å². The SMILES string of the molecule is Cc1cc(C)cc(N(CC(=O)N(Cc2ccccc2F)[C@@H](C)C(=O)NC(C)C)S(=O)(=O)c2ccccc2)c1. The number of hydrogen-bond donors (Lipinski definition) is 1. The van der Waals surface area contributed by atoms with Gasteiger partial charge in [0.25, 0.3) is 10.0 Å². The Balaban J connectivity index is 2.07. The van der Waals surface area contributed by atoms with Crippen LogP contribution in [0.1, 0.15) is 37.5 Å². The molecule has 3 aromatic rings. The zero-order chi connectivity index (χ0) is 28.0. The summed E-state index contributed by atoms with van der Waals surface area (Å²) in [5, 5.41) is 2.78. The molecule has 1 atom stereocenters. The minimum atomic E-state index is -4.15. The quantitative estimate of drug-likeness (QED) is 0.409. The summed E-state index contributed by atoms with van der Waals surface area (Å²) in [6.45, 7) is 8.04. The van der Waals surface area contributed by atoms with E-state index in [0.29, 0.717) is 5.69 Å². The number of aryl methyl sites for hydroxylation is 2. The van der Waals surface area contributed by atoms with Gasteiger partial charge >= 0.3 is 0 Å². The van der Waals surface area contributed by atoms with Gasteiger partial charge in [0, 0.05) is 18.2 Å². The molecule has 0 unspecified atom stereocenters. The number of carbonyl (C=O) groups is 2. The lowest BCUT2D eigenvalue weighted by atomic mass is 10.1. The van der Waals surface area contributed by atoms with Gasteiger partial charge in [0.1, 0.15) is 18.4 Å². The average Bonchev–Trinajstić information content (AvgIpc) is 2.85. The zero-order valence-corrected chi connectivity index (χ0v) is 23.1. The largest absolute Gasteiger partial charge is 0.352 e. The molecule has 9 heteroatoms. The van der Waals surface area contributed by atoms with Gasteiger partial charge < -0.3 is 10.2 Å². The summed E-state index contributed by atoms with van der Waals surface area (Å²) >= 11 is 0. The Labute approximate surface area is 224 Å². The molecule has 0 heterocycles. The lowest BCUT2D eigenvalue weighted by Crippen LogP contribution is -2.52. The molecule has 38 heavy (non-hydrogen) atoms. The van der Waals surface area contributed by atoms with Crippen molar-refractivity contribution in [2.45, 2.75) is 58.1 Å². The van der Waals surface area contributed by atoms with Crippen LogP contribution in [0.2, 0.25) is 0 Å². The first-order valence-electron chi connectivity index (χ1n) is 12.4. The van der Waals surface area contributed by atoms with E-state index in [1.54, 1.807) is 57.2 Å². The molecule has 0 bridgehead atoms. The monoisotopic (exact) mass is 539 g/mol. The van der Waals surface area contributed by atoms with Crippen LogP contribution in [-0.4, -0.2) is 43.8 Å². The summed E-state index contributed by atoms with van der Waals surface area (Å²) in [6, 6.07) is 18.0. The van der Waals surface area contributed by atoms with Crippen molar-refractivity contribution in [3.8, 4) is 0 Å². The Morgan fingerprint density at radius 1 is 0.895 bits per heavy atom. The van der Waals surface area contributed by atoms with Crippen molar-refractivity contribution in [3.05, 3.63) is 95.3 Å². The molecule has 202 valence electrons. The van der Waals surface area contributed by atoms with E-state index >= 15 is 0 Å². The highest BCUT2D eigenvalue weighted by Gasteiger charge is 2.33. The molecule has 7 nitrogen and oxygen atoms in total. The molecular formula is C29H34FN3O4S. The van der Waals surface area contributed by atoms with Crippen LogP contribution in [-0.2, 0) is 26.2 Å². The van der Waals surface area contributed by atoms with Gasteiger partial charge in [-0.05, 0) is 76.1 Å². The summed E-state index contributed by atoms with van der Waals surface area (Å²) in [7, 11) is -4.15. The minimum Gasteiger partial charge on any atom is -0.352 e. The second kappa shape index (κ2) is 12.2. The molecule has 1 N–H and O–H groups in total. The number of rotatable bonds is 10. The molecule has 0 aliphatic carbocycles. The standard InChI is InChI=1S/C29H34FN3O4S/c1-20(2)31-29(35)23(5)32(18-24-11-9-10-14-27(24)30)28(34)19-33(25-16-21(3)15-22(4)17-25)38(36,37)26-12-7-6-8-13-26/h6-17,20,23H,18-19H2,1-5H3,(H,31,35)/t23-/m0/s1. The van der Waals surface area contributed by atoms with Gasteiger partial charge in [0.15, 0.2) is 0 Å². The number of sulfonamides is 1. The van der Waals surface area contributed by atoms with Gasteiger partial charge in [-0.15, -0.1) is 0 Å². The van der Waals surface area contributed by atoms with Crippen molar-refractivity contribution in [2.75, 3.05) is 10.8 Å². The second-order valence-corrected chi connectivity index (χ2v) is 11.5. The van der Waals surface area contributed by atoms with Gasteiger partial charge in [-0.1, -0.05) is 42.5 Å². The normalized spacial score (nSPS) is 12.2. The van der Waals surface area contributed by atoms with Gasteiger partial charge in [0.05, 0.1) is 10.6 Å². The molecule has 0 aromatic heterocycles. The predicted molar refractivity (Wildman–Crippen MR) is 147 cm³/mol. The molecule has 0 aliphatic heterocycles. The van der Waals surface area contributed by atoms with E-state index in [4.69, 9.17) is 0 Å². The molecule has 3 rings (SSSR count). The van der Waals surface area contributed by atoms with Crippen molar-refractivity contribution in [3.63, 3.8) is 0 Å². The fourth-order valence-electron chi connectivity index (χ4n) is 4.14. The van der Waals surface area contributed by atoms with Gasteiger partial charge in [0.2, 0.25) is 11.8 Å². The fourth-order valence-corrected chi connectivity index (χ4v) is 5.56. The third-order valence-electron chi connectivity index (χ3n) is 6.00. The van der Waals surface area contributed by atoms with E-state index < -0.39 is 40.2 Å². The number of halogens is 1. The highest BCUT2D eigenvalue weighted by Crippen LogP contribution is 2.26. The summed E-state index contributed by atoms with van der Waals surface area (Å²) in [6.07, 6.45) is 0. The number of benzene rings is 3. The number of anilines is 1. The van der Waals surface area contributed by atoms with Gasteiger partial charge in [-0.3, -0.25) is 13.9 Å². The van der Waals surface area contributed by atoms with E-state index in [9.17, 15) is 22.4 Å². The van der Waals surface area contributed by atoms with Crippen LogP contribution in [0.5, 0.6) is 0 Å². The van der Waals surface area contributed by atoms with Crippen molar-refractivity contribution in [1.29, 1.82) is 0 Å². The second-order valence-electron chi connectivity index (χ2n) is 9.62. The molecule has 0 saturated heterocycles. The maximum absolute atomic E-state index is 14.6. The van der Waals surface area contributed by atoms with Crippen molar-refractivity contribution < 1.29 is 22.4 Å². The van der Waals surface area contributed by atoms with Gasteiger partial charge in [-0.25, -0.2) is 12.8 Å². The van der Waals surface area contributed by atoms with Crippen molar-refractivity contribution >= 4 is 27.5 Å². The molecule has 0 fully saturated rings. The Morgan fingerprint density at radius 3 is 2.05 bits per heavy atom. The Hall–Kier alpha value is -3.72. The van der Waals surface area contributed by atoms with Crippen LogP contribution in [0.15, 0.2) is 77.7 Å². The van der Waals surface area contributed by atoms with Crippen LogP contribution in [0.3, 0.4) is 0 Å². The predicted octanol–water partition coefficient (Wildman–Crippen LogP) is 4.58. The van der Waals surface area contributed by atoms with E-state index in [-0.39, 0.29) is 23.0 Å². The highest BCUT2D eigenvalue weighted by atomic mass is 32.2. The first kappa shape index (κ1) is 28.8. The smallest absolute Gasteiger partial charge is 0.264 e. The lowest BCUT2D eigenvalue weighted by molar-refractivity contribution is -0.139. The Kier molecular flexibility index (Phi) is 9.27. The van der Waals surface area contributed by atoms with Gasteiger partial charge in [-0.2, -0.15) is 0 Å². The molecule has 0 saturated carbocycles. The van der Waals surface area contributed by atoms with E-state index in [2.05, 4.69) is 5.32 Å². The minimum absolute atomic E-state index is 0.0261. The Bertz CT molecular complexity index is 1370. The van der Waals surface area contributed by atoms with E-state index in [1.165, 1.54) is 35.2 Å². The number of carbonyl (C=O) groups excluding carboxylic acids is 2. The van der Waals surface area contributed by atoms with Crippen LogP contribution < -0.4 is 9.62 Å². The molecule has 3 aromatic carbocycles. The third-order valence-corrected chi connectivity index (χ3v) is 7.79. The number of amides is 2. The fraction of sp³-hybridized carbons (Fsp3) is 0.310. The molecule has 0 spiro atoms. The summed E-state index contributed by atoms with van der Waals surface area (Å²) in [4.78, 5) is 28.0. The first-order valence-corrected chi connectivity index (χ1v) is 13.8. The van der Waals surface area contributed by atoms with Crippen molar-refractivity contribution in [1.82, 2.24) is 10.2 Å². The molecule has 0 radical (unpaired) electrons. The van der Waals surface area contributed by atoms with E-state index in [0.717, 1.165) is 15.4 Å². The highest BCUT2D eigenvalue weighted by molar-refractivity contribution is 7.92. The van der Waals surface area contributed by atoms with Crippen LogP contribution in [0.25, 0.3) is 0 Å². The summed E-state index contributed by atoms with van der Waals surface area (Å²) in [5.41, 5.74) is 2.20. The lowest BCUT2D eigenvalue weighted by Gasteiger charge is -2.32. The summed E-state index contributed by atoms with van der Waals surface area (Å²) < 4.78 is 43.2. The Morgan fingerprint density at radius 2 is 1.47 bits per heavy atom. The third kappa shape index (κ3) is 6.98. The summed E-state index contributed by atoms with van der Waals surface area (Å²) in [5.74, 6) is -1.59. The molecule has 2 amide bonds. The number of nitrogens with zero attached hydrogens (tertiary/aromatic N) is 2. The first-order chi connectivity index (χ1) is 17.9. The van der Waals surface area contributed by atoms with Crippen LogP contribution in [0, 0.1) is 19.7 Å². The average molecular weight is 540 g/mol. The van der Waals surface area contributed by atoms with Crippen LogP contribution >= 0.6 is 0 Å². The number of hydrogen-bond acceptors (Lipinski definition) is 4. The molecular weight excluding hydrogens is 505 g/mol. The molecule has 0 aliphatic rings. The maximum atomic E-state index is 14.6. The van der Waals surface area contributed by atoms with Crippen LogP contribution in [0.4, 0.5) is 10.1 Å². The van der Waals surface area contributed by atoms with E-state index in [1.807, 2.05) is 19.9 Å².